The fourth-order valence-electron chi connectivity index (χ4n) is 1.25. The lowest BCUT2D eigenvalue weighted by atomic mass is 10.4. The lowest BCUT2D eigenvalue weighted by molar-refractivity contribution is 0.0934. The summed E-state index contributed by atoms with van der Waals surface area (Å²) in [7, 11) is 0. The Bertz CT molecular complexity index is 151. The minimum atomic E-state index is 0.588. The molecule has 0 aromatic heterocycles. The number of hydrogen-bond donors (Lipinski definition) is 0. The van der Waals surface area contributed by atoms with Crippen molar-refractivity contribution in [2.75, 3.05) is 39.5 Å². The van der Waals surface area contributed by atoms with E-state index in [9.17, 15) is 4.79 Å². The van der Waals surface area contributed by atoms with Gasteiger partial charge in [-0.1, -0.05) is 26.7 Å². The Morgan fingerprint density at radius 3 is 1.71 bits per heavy atom. The van der Waals surface area contributed by atoms with Crippen LogP contribution in [0.25, 0.3) is 0 Å². The highest BCUT2D eigenvalue weighted by Crippen LogP contribution is 1.91. The zero-order valence-electron chi connectivity index (χ0n) is 11.2. The summed E-state index contributed by atoms with van der Waals surface area (Å²) in [6, 6.07) is 0. The molecular weight excluding hydrogens is 218 g/mol. The first-order valence-corrected chi connectivity index (χ1v) is 6.63. The molecule has 0 spiro atoms. The number of nitrogens with zero attached hydrogens (tertiary/aromatic N) is 1. The van der Waals surface area contributed by atoms with E-state index in [1.54, 1.807) is 4.90 Å². The summed E-state index contributed by atoms with van der Waals surface area (Å²) in [6.45, 7) is 8.18. The second-order valence-corrected chi connectivity index (χ2v) is 4.01. The fourth-order valence-corrected chi connectivity index (χ4v) is 1.25. The van der Waals surface area contributed by atoms with Crippen LogP contribution in [0.1, 0.15) is 39.5 Å². The zero-order chi connectivity index (χ0) is 12.8. The molecule has 0 aliphatic carbocycles. The van der Waals surface area contributed by atoms with E-state index in [0.29, 0.717) is 26.3 Å². The standard InChI is InChI=1S/C13H26NO3/c1-3-5-9-16-11-7-14(13-15)8-12-17-10-6-4-2/h3-12H2,1-2H3. The Kier molecular flexibility index (Phi) is 13.0. The van der Waals surface area contributed by atoms with Gasteiger partial charge < -0.3 is 14.4 Å². The van der Waals surface area contributed by atoms with Crippen LogP contribution in [0.2, 0.25) is 0 Å². The van der Waals surface area contributed by atoms with Crippen molar-refractivity contribution >= 4 is 6.41 Å². The molecule has 0 aliphatic heterocycles. The Morgan fingerprint density at radius 2 is 1.35 bits per heavy atom. The van der Waals surface area contributed by atoms with Crippen LogP contribution in [0.4, 0.5) is 0 Å². The molecule has 0 fully saturated rings. The Labute approximate surface area is 105 Å². The summed E-state index contributed by atoms with van der Waals surface area (Å²) in [5.41, 5.74) is 0. The first-order chi connectivity index (χ1) is 8.35. The van der Waals surface area contributed by atoms with Crippen LogP contribution >= 0.6 is 0 Å². The minimum Gasteiger partial charge on any atom is -0.380 e. The van der Waals surface area contributed by atoms with Gasteiger partial charge in [0.1, 0.15) is 0 Å². The molecular formula is C13H26NO3. The molecule has 101 valence electrons. The maximum absolute atomic E-state index is 10.6. The van der Waals surface area contributed by atoms with Crippen LogP contribution in [-0.4, -0.2) is 50.8 Å². The van der Waals surface area contributed by atoms with Crippen molar-refractivity contribution in [2.24, 2.45) is 0 Å². The van der Waals surface area contributed by atoms with E-state index in [0.717, 1.165) is 38.9 Å². The van der Waals surface area contributed by atoms with Crippen LogP contribution in [0.3, 0.4) is 0 Å². The minimum absolute atomic E-state index is 0.588. The Hall–Kier alpha value is -0.610. The van der Waals surface area contributed by atoms with E-state index < -0.39 is 0 Å². The Morgan fingerprint density at radius 1 is 0.882 bits per heavy atom. The highest BCUT2D eigenvalue weighted by atomic mass is 16.5. The van der Waals surface area contributed by atoms with Crippen molar-refractivity contribution in [3.8, 4) is 0 Å². The van der Waals surface area contributed by atoms with Crippen LogP contribution in [0, 0.1) is 0 Å². The predicted molar refractivity (Wildman–Crippen MR) is 68.7 cm³/mol. The number of carbonyl (C=O) groups excluding carboxylic acids is 1. The van der Waals surface area contributed by atoms with E-state index in [2.05, 4.69) is 13.8 Å². The third-order valence-corrected chi connectivity index (χ3v) is 2.42. The van der Waals surface area contributed by atoms with Crippen molar-refractivity contribution in [2.45, 2.75) is 39.5 Å². The molecule has 0 N–H and O–H groups in total. The topological polar surface area (TPSA) is 38.8 Å². The third kappa shape index (κ3) is 11.6. The molecule has 1 amide bonds. The maximum Gasteiger partial charge on any atom is 0.312 e. The van der Waals surface area contributed by atoms with Gasteiger partial charge in [-0.2, -0.15) is 0 Å². The molecule has 0 unspecified atom stereocenters. The largest absolute Gasteiger partial charge is 0.380 e. The van der Waals surface area contributed by atoms with Crippen molar-refractivity contribution in [1.82, 2.24) is 4.90 Å². The summed E-state index contributed by atoms with van der Waals surface area (Å²) in [5, 5.41) is 0. The zero-order valence-corrected chi connectivity index (χ0v) is 11.2. The SMILES string of the molecule is CCCCOCCN([C]=O)CCOCCCC. The maximum atomic E-state index is 10.6. The molecule has 17 heavy (non-hydrogen) atoms. The summed E-state index contributed by atoms with van der Waals surface area (Å²) < 4.78 is 10.8. The molecule has 0 saturated heterocycles. The molecule has 0 bridgehead atoms. The molecule has 0 aliphatic rings. The van der Waals surface area contributed by atoms with Gasteiger partial charge in [-0.15, -0.1) is 0 Å². The highest BCUT2D eigenvalue weighted by Gasteiger charge is 2.02. The van der Waals surface area contributed by atoms with E-state index in [-0.39, 0.29) is 0 Å². The molecule has 4 nitrogen and oxygen atoms in total. The second-order valence-electron chi connectivity index (χ2n) is 4.01. The average Bonchev–Trinajstić information content (AvgIpc) is 2.36. The molecule has 0 rings (SSSR count). The van der Waals surface area contributed by atoms with Crippen molar-refractivity contribution in [3.05, 3.63) is 0 Å². The van der Waals surface area contributed by atoms with Crippen molar-refractivity contribution in [1.29, 1.82) is 0 Å². The molecule has 0 aromatic carbocycles. The number of amides is 1. The van der Waals surface area contributed by atoms with E-state index >= 15 is 0 Å². The average molecular weight is 244 g/mol. The highest BCUT2D eigenvalue weighted by molar-refractivity contribution is 5.47. The van der Waals surface area contributed by atoms with E-state index in [1.165, 1.54) is 0 Å². The summed E-state index contributed by atoms with van der Waals surface area (Å²) in [5.74, 6) is 0. The quantitative estimate of drug-likeness (QED) is 0.367. The lowest BCUT2D eigenvalue weighted by Crippen LogP contribution is -2.30. The normalized spacial score (nSPS) is 10.5. The lowest BCUT2D eigenvalue weighted by Gasteiger charge is -2.16. The first-order valence-electron chi connectivity index (χ1n) is 6.63. The first kappa shape index (κ1) is 16.4. The Balaban J connectivity index is 3.33. The van der Waals surface area contributed by atoms with Gasteiger partial charge in [0.25, 0.3) is 0 Å². The fraction of sp³-hybridized carbons (Fsp3) is 0.923. The number of rotatable bonds is 13. The van der Waals surface area contributed by atoms with Crippen LogP contribution < -0.4 is 0 Å². The van der Waals surface area contributed by atoms with Crippen LogP contribution in [0.15, 0.2) is 0 Å². The van der Waals surface area contributed by atoms with Crippen LogP contribution in [0.5, 0.6) is 0 Å². The van der Waals surface area contributed by atoms with Gasteiger partial charge in [0.2, 0.25) is 0 Å². The molecule has 0 atom stereocenters. The van der Waals surface area contributed by atoms with E-state index in [1.807, 2.05) is 6.41 Å². The van der Waals surface area contributed by atoms with Gasteiger partial charge in [0, 0.05) is 26.3 Å². The third-order valence-electron chi connectivity index (χ3n) is 2.42. The molecule has 4 heteroatoms. The van der Waals surface area contributed by atoms with Gasteiger partial charge in [-0.05, 0) is 12.8 Å². The van der Waals surface area contributed by atoms with Crippen molar-refractivity contribution < 1.29 is 14.3 Å². The van der Waals surface area contributed by atoms with Gasteiger partial charge in [-0.3, -0.25) is 4.79 Å². The number of ether oxygens (including phenoxy) is 2. The van der Waals surface area contributed by atoms with Crippen molar-refractivity contribution in [3.63, 3.8) is 0 Å². The summed E-state index contributed by atoms with van der Waals surface area (Å²) in [4.78, 5) is 12.2. The van der Waals surface area contributed by atoms with Gasteiger partial charge in [-0.25, -0.2) is 0 Å². The summed E-state index contributed by atoms with van der Waals surface area (Å²) in [6.07, 6.45) is 6.32. The molecule has 0 aromatic rings. The number of hydrogen-bond acceptors (Lipinski definition) is 3. The molecule has 0 heterocycles. The number of unbranched alkanes of at least 4 members (excludes halogenated alkanes) is 2. The van der Waals surface area contributed by atoms with Gasteiger partial charge in [0.15, 0.2) is 0 Å². The predicted octanol–water partition coefficient (Wildman–Crippen LogP) is 1.99. The molecule has 1 radical (unpaired) electrons. The smallest absolute Gasteiger partial charge is 0.312 e. The van der Waals surface area contributed by atoms with Crippen LogP contribution in [-0.2, 0) is 14.3 Å². The molecule has 0 saturated carbocycles. The summed E-state index contributed by atoms with van der Waals surface area (Å²) >= 11 is 0. The second kappa shape index (κ2) is 13.5. The monoisotopic (exact) mass is 244 g/mol. The van der Waals surface area contributed by atoms with Gasteiger partial charge >= 0.3 is 6.41 Å². The van der Waals surface area contributed by atoms with E-state index in [4.69, 9.17) is 9.47 Å². The van der Waals surface area contributed by atoms with Gasteiger partial charge in [0.05, 0.1) is 13.2 Å².